The van der Waals surface area contributed by atoms with Crippen molar-refractivity contribution in [2.24, 2.45) is 0 Å². The van der Waals surface area contributed by atoms with E-state index in [2.05, 4.69) is 201 Å². The van der Waals surface area contributed by atoms with Crippen LogP contribution in [0.4, 0.5) is 11.4 Å². The van der Waals surface area contributed by atoms with Crippen LogP contribution in [0.2, 0.25) is 0 Å². The van der Waals surface area contributed by atoms with Crippen molar-refractivity contribution in [1.82, 2.24) is 9.55 Å². The van der Waals surface area contributed by atoms with Crippen LogP contribution in [0.25, 0.3) is 27.6 Å². The van der Waals surface area contributed by atoms with E-state index in [-0.39, 0.29) is 34.5 Å². The summed E-state index contributed by atoms with van der Waals surface area (Å²) >= 11 is 0. The zero-order valence-electron chi connectivity index (χ0n) is 34.9. The van der Waals surface area contributed by atoms with Crippen LogP contribution in [0.15, 0.2) is 170 Å². The molecule has 9 aromatic rings. The van der Waals surface area contributed by atoms with E-state index in [0.29, 0.717) is 11.5 Å². The third-order valence-electron chi connectivity index (χ3n) is 12.6. The molecule has 0 saturated heterocycles. The van der Waals surface area contributed by atoms with Gasteiger partial charge in [-0.05, 0) is 75.8 Å². The summed E-state index contributed by atoms with van der Waals surface area (Å²) in [5.74, 6) is 2.12. The molecule has 5 nitrogen and oxygen atoms in total. The summed E-state index contributed by atoms with van der Waals surface area (Å²) in [6.45, 7) is 10.9. The molecule has 2 aliphatic heterocycles. The molecule has 2 aliphatic rings. The maximum atomic E-state index is 7.35. The van der Waals surface area contributed by atoms with Crippen molar-refractivity contribution in [2.75, 3.05) is 9.80 Å². The van der Waals surface area contributed by atoms with E-state index >= 15 is 0 Å². The predicted molar refractivity (Wildman–Crippen MR) is 255 cm³/mol. The third-order valence-corrected chi connectivity index (χ3v) is 12.6. The quantitative estimate of drug-likeness (QED) is 0.120. The molecule has 0 bridgehead atoms. The molecule has 0 saturated carbocycles. The number of aryl methyl sites for hydroxylation is 4. The molecular formula is C54H41B2N4OPt-3. The molecule has 0 unspecified atom stereocenters. The molecule has 0 fully saturated rings. The van der Waals surface area contributed by atoms with Crippen LogP contribution in [-0.4, -0.2) is 23.0 Å². The molecule has 0 radical (unpaired) electrons. The monoisotopic (exact) mass is 978 g/mol. The zero-order valence-corrected chi connectivity index (χ0v) is 37.2. The first-order chi connectivity index (χ1) is 29.9. The zero-order chi connectivity index (χ0) is 41.2. The van der Waals surface area contributed by atoms with E-state index < -0.39 is 0 Å². The van der Waals surface area contributed by atoms with Gasteiger partial charge < -0.3 is 19.1 Å². The minimum atomic E-state index is -0.115. The number of para-hydroxylation sites is 2. The SMILES string of the molecule is Cc1cccc(C)c1B1c2ccccc2B(c2c(C)cccc2C)c2c(Oc3[c-]c4c(cc3)c3ccccc3n4-c3ccccn3)[c-]c(N3C=CN(c4ccccc4)[CH-]3)cc21.[Pt]. The van der Waals surface area contributed by atoms with Crippen LogP contribution in [0.3, 0.4) is 0 Å². The molecule has 0 atom stereocenters. The van der Waals surface area contributed by atoms with Crippen molar-refractivity contribution in [1.29, 1.82) is 0 Å². The Hall–Kier alpha value is -6.55. The van der Waals surface area contributed by atoms with Crippen LogP contribution < -0.4 is 47.3 Å². The summed E-state index contributed by atoms with van der Waals surface area (Å²) in [7, 11) is 0. The number of hydrogen-bond acceptors (Lipinski definition) is 4. The number of pyridine rings is 1. The maximum absolute atomic E-state index is 7.35. The van der Waals surface area contributed by atoms with Gasteiger partial charge in [-0.3, -0.25) is 0 Å². The van der Waals surface area contributed by atoms with Crippen LogP contribution in [-0.2, 0) is 21.1 Å². The van der Waals surface area contributed by atoms with E-state index in [1.807, 2.05) is 30.5 Å². The molecule has 62 heavy (non-hydrogen) atoms. The van der Waals surface area contributed by atoms with E-state index in [0.717, 1.165) is 44.5 Å². The fourth-order valence-corrected chi connectivity index (χ4v) is 9.89. The van der Waals surface area contributed by atoms with Crippen molar-refractivity contribution in [3.63, 3.8) is 0 Å². The van der Waals surface area contributed by atoms with Gasteiger partial charge in [-0.2, -0.15) is 17.6 Å². The summed E-state index contributed by atoms with van der Waals surface area (Å²) < 4.78 is 9.53. The molecule has 4 heterocycles. The number of ether oxygens (including phenoxy) is 1. The molecule has 0 amide bonds. The third kappa shape index (κ3) is 6.58. The Morgan fingerprint density at radius 3 is 1.89 bits per heavy atom. The second-order valence-corrected chi connectivity index (χ2v) is 16.2. The van der Waals surface area contributed by atoms with E-state index in [4.69, 9.17) is 9.72 Å². The van der Waals surface area contributed by atoms with Crippen LogP contribution in [0.5, 0.6) is 11.5 Å². The van der Waals surface area contributed by atoms with Crippen LogP contribution in [0, 0.1) is 46.5 Å². The Bertz CT molecular complexity index is 3140. The molecule has 7 aromatic carbocycles. The molecular weight excluding hydrogens is 937 g/mol. The van der Waals surface area contributed by atoms with Gasteiger partial charge >= 0.3 is 0 Å². The Morgan fingerprint density at radius 2 is 1.18 bits per heavy atom. The van der Waals surface area contributed by atoms with Gasteiger partial charge in [-0.25, -0.2) is 4.98 Å². The van der Waals surface area contributed by atoms with Gasteiger partial charge in [0, 0.05) is 50.0 Å². The van der Waals surface area contributed by atoms with Crippen LogP contribution in [0.1, 0.15) is 22.3 Å². The summed E-state index contributed by atoms with van der Waals surface area (Å²) in [6.07, 6.45) is 6.04. The second-order valence-electron chi connectivity index (χ2n) is 16.2. The van der Waals surface area contributed by atoms with Crippen molar-refractivity contribution in [2.45, 2.75) is 27.7 Å². The average Bonchev–Trinajstić information content (AvgIpc) is 3.91. The summed E-state index contributed by atoms with van der Waals surface area (Å²) in [6, 6.07) is 61.4. The predicted octanol–water partition coefficient (Wildman–Crippen LogP) is 8.07. The summed E-state index contributed by atoms with van der Waals surface area (Å²) in [5.41, 5.74) is 16.5. The maximum Gasteiger partial charge on any atom is 0.217 e. The fourth-order valence-electron chi connectivity index (χ4n) is 9.89. The van der Waals surface area contributed by atoms with Crippen molar-refractivity contribution >= 4 is 79.4 Å². The Balaban J connectivity index is 0.00000458. The Morgan fingerprint density at radius 1 is 0.548 bits per heavy atom. The first-order valence-electron chi connectivity index (χ1n) is 20.9. The average molecular weight is 979 g/mol. The summed E-state index contributed by atoms with van der Waals surface area (Å²) in [5, 5.41) is 2.22. The summed E-state index contributed by atoms with van der Waals surface area (Å²) in [4.78, 5) is 9.08. The Labute approximate surface area is 378 Å². The largest absolute Gasteiger partial charge is 0.509 e. The van der Waals surface area contributed by atoms with E-state index in [9.17, 15) is 0 Å². The van der Waals surface area contributed by atoms with Gasteiger partial charge in [0.05, 0.1) is 0 Å². The first-order valence-corrected chi connectivity index (χ1v) is 20.9. The smallest absolute Gasteiger partial charge is 0.217 e. The van der Waals surface area contributed by atoms with Crippen molar-refractivity contribution in [3.8, 4) is 17.3 Å². The number of aromatic nitrogens is 2. The van der Waals surface area contributed by atoms with Gasteiger partial charge in [0.25, 0.3) is 0 Å². The van der Waals surface area contributed by atoms with Crippen molar-refractivity contribution in [3.05, 3.63) is 211 Å². The number of anilines is 2. The van der Waals surface area contributed by atoms with Crippen LogP contribution >= 0.6 is 0 Å². The van der Waals surface area contributed by atoms with E-state index in [1.54, 1.807) is 0 Å². The second kappa shape index (κ2) is 16.0. The normalized spacial score (nSPS) is 13.1. The molecule has 11 rings (SSSR count). The number of hydrogen-bond donors (Lipinski definition) is 0. The van der Waals surface area contributed by atoms with Crippen molar-refractivity contribution < 1.29 is 25.8 Å². The topological polar surface area (TPSA) is 33.5 Å². The number of nitrogens with zero attached hydrogens (tertiary/aromatic N) is 4. The fraction of sp³-hybridized carbons (Fsp3) is 0.0741. The van der Waals surface area contributed by atoms with Gasteiger partial charge in [0.1, 0.15) is 5.82 Å². The van der Waals surface area contributed by atoms with Gasteiger partial charge in [0.15, 0.2) is 6.71 Å². The van der Waals surface area contributed by atoms with Gasteiger partial charge in [0.2, 0.25) is 6.71 Å². The molecule has 302 valence electrons. The first kappa shape index (κ1) is 39.6. The number of fused-ring (bicyclic) bond motifs is 5. The molecule has 8 heteroatoms. The number of benzene rings is 7. The van der Waals surface area contributed by atoms with E-state index in [1.165, 1.54) is 49.6 Å². The molecule has 0 spiro atoms. The molecule has 2 aromatic heterocycles. The minimum absolute atomic E-state index is 0. The molecule has 0 N–H and O–H groups in total. The van der Waals surface area contributed by atoms with Gasteiger partial charge in [-0.1, -0.05) is 153 Å². The standard InChI is InChI=1S/C54H41B2N4O.Pt/c1-36-16-14-17-37(2)52(36)55-45-23-9-10-24-46(45)56(53-38(3)18-15-19-39(53)4)54-47(55)32-41(59-31-30-58(35-59)40-20-6-5-7-21-40)33-50(54)61-42-27-28-44-43-22-8-11-25-48(43)60(49(44)34-42)51-26-12-13-29-57-51;/h5-32,35H,1-4H3;/q-3;. The van der Waals surface area contributed by atoms with Gasteiger partial charge in [-0.15, -0.1) is 41.4 Å². The molecule has 0 aliphatic carbocycles. The Kier molecular flexibility index (Phi) is 10.2. The number of rotatable bonds is 7. The minimum Gasteiger partial charge on any atom is -0.509 e.